The molecule has 0 radical (unpaired) electrons. The first kappa shape index (κ1) is 18.6. The third-order valence-corrected chi connectivity index (χ3v) is 7.30. The van der Waals surface area contributed by atoms with Gasteiger partial charge in [0.05, 0.1) is 0 Å². The van der Waals surface area contributed by atoms with Crippen molar-refractivity contribution in [1.82, 2.24) is 0 Å². The van der Waals surface area contributed by atoms with Crippen LogP contribution in [-0.4, -0.2) is 19.4 Å². The molecule has 0 aliphatic carbocycles. The van der Waals surface area contributed by atoms with Gasteiger partial charge in [-0.1, -0.05) is 0 Å². The second-order valence-electron chi connectivity index (χ2n) is 5.63. The van der Waals surface area contributed by atoms with Crippen LogP contribution in [0.25, 0.3) is 0 Å². The summed E-state index contributed by atoms with van der Waals surface area (Å²) in [7, 11) is -2.27. The second kappa shape index (κ2) is 11.2. The first-order valence-electron chi connectivity index (χ1n) is 8.62. The van der Waals surface area contributed by atoms with Crippen molar-refractivity contribution in [3.63, 3.8) is 0 Å². The van der Waals surface area contributed by atoms with Crippen molar-refractivity contribution in [1.29, 1.82) is 0 Å². The summed E-state index contributed by atoms with van der Waals surface area (Å²) in [6.07, 6.45) is 8.01. The normalized spacial score (nSPS) is 12.5. The van der Waals surface area contributed by atoms with E-state index in [0.29, 0.717) is 0 Å². The molecule has 0 spiro atoms. The van der Waals surface area contributed by atoms with E-state index in [4.69, 9.17) is 9.05 Å². The molecule has 2 nitrogen and oxygen atoms in total. The quantitative estimate of drug-likeness (QED) is 0.384. The molecular weight excluding hydrogens is 279 g/mol. The van der Waals surface area contributed by atoms with Crippen LogP contribution in [0.2, 0.25) is 0 Å². The van der Waals surface area contributed by atoms with Gasteiger partial charge in [-0.3, -0.25) is 0 Å². The van der Waals surface area contributed by atoms with Gasteiger partial charge >= 0.3 is 131 Å². The Morgan fingerprint density at radius 2 is 1.29 bits per heavy atom. The monoisotopic (exact) mass is 312 g/mol. The minimum absolute atomic E-state index is 0.827. The van der Waals surface area contributed by atoms with Crippen molar-refractivity contribution in [2.75, 3.05) is 19.4 Å². The summed E-state index contributed by atoms with van der Waals surface area (Å²) in [6.45, 7) is 8.31. The number of hydrogen-bond acceptors (Lipinski definition) is 2. The zero-order valence-corrected chi connectivity index (χ0v) is 15.1. The first-order valence-corrected chi connectivity index (χ1v) is 10.6. The number of rotatable bonds is 12. The molecule has 0 bridgehead atoms. The van der Waals surface area contributed by atoms with E-state index in [2.05, 4.69) is 51.1 Å². The molecule has 0 saturated carbocycles. The van der Waals surface area contributed by atoms with Crippen LogP contribution in [0.1, 0.15) is 59.3 Å². The summed E-state index contributed by atoms with van der Waals surface area (Å²) in [6, 6.07) is 10.7. The molecular formula is C18H33O2P. The van der Waals surface area contributed by atoms with Crippen LogP contribution in [0.4, 0.5) is 0 Å². The molecule has 0 atom stereocenters. The number of hydrogen-bond donors (Lipinski definition) is 0. The van der Waals surface area contributed by atoms with Crippen molar-refractivity contribution in [3.05, 3.63) is 30.3 Å². The van der Waals surface area contributed by atoms with Crippen molar-refractivity contribution in [3.8, 4) is 0 Å². The van der Waals surface area contributed by atoms with Crippen LogP contribution in [0, 0.1) is 0 Å². The predicted molar refractivity (Wildman–Crippen MR) is 95.9 cm³/mol. The standard InChI is InChI=1S/C18H33O2P/c1-4-7-15-19-21(17-9-6-3,20-16-8-5-2)18-13-11-10-12-14-18/h10-14,21H,4-9,15-17H2,1-3H3. The molecule has 0 fully saturated rings. The molecule has 21 heavy (non-hydrogen) atoms. The summed E-state index contributed by atoms with van der Waals surface area (Å²) in [5, 5.41) is 1.30. The number of benzene rings is 1. The van der Waals surface area contributed by atoms with Gasteiger partial charge in [0.2, 0.25) is 0 Å². The van der Waals surface area contributed by atoms with Crippen LogP contribution in [0.5, 0.6) is 0 Å². The minimum atomic E-state index is -2.27. The van der Waals surface area contributed by atoms with Gasteiger partial charge in [0.15, 0.2) is 0 Å². The Hall–Kier alpha value is -0.430. The molecule has 1 aromatic carbocycles. The van der Waals surface area contributed by atoms with Crippen LogP contribution in [0.3, 0.4) is 0 Å². The van der Waals surface area contributed by atoms with E-state index in [1.807, 2.05) is 0 Å². The van der Waals surface area contributed by atoms with Crippen LogP contribution < -0.4 is 5.30 Å². The van der Waals surface area contributed by atoms with E-state index in [0.717, 1.165) is 32.2 Å². The van der Waals surface area contributed by atoms with E-state index in [9.17, 15) is 0 Å². The Labute approximate surface area is 131 Å². The fourth-order valence-electron chi connectivity index (χ4n) is 2.36. The molecule has 0 aliphatic heterocycles. The average molecular weight is 312 g/mol. The zero-order valence-electron chi connectivity index (χ0n) is 14.1. The Morgan fingerprint density at radius 3 is 1.76 bits per heavy atom. The van der Waals surface area contributed by atoms with Crippen LogP contribution in [0.15, 0.2) is 30.3 Å². The fraction of sp³-hybridized carbons (Fsp3) is 0.667. The van der Waals surface area contributed by atoms with Crippen LogP contribution in [-0.2, 0) is 9.05 Å². The molecule has 3 heteroatoms. The fourth-order valence-corrected chi connectivity index (χ4v) is 5.82. The van der Waals surface area contributed by atoms with Crippen molar-refractivity contribution in [2.45, 2.75) is 59.3 Å². The molecule has 0 aromatic heterocycles. The molecule has 0 N–H and O–H groups in total. The molecule has 0 saturated heterocycles. The van der Waals surface area contributed by atoms with Gasteiger partial charge < -0.3 is 0 Å². The summed E-state index contributed by atoms with van der Waals surface area (Å²) in [5.41, 5.74) is 0. The maximum atomic E-state index is 6.42. The Kier molecular flexibility index (Phi) is 9.91. The summed E-state index contributed by atoms with van der Waals surface area (Å²) in [5.74, 6) is 0. The Bertz CT molecular complexity index is 343. The Morgan fingerprint density at radius 1 is 0.762 bits per heavy atom. The maximum absolute atomic E-state index is 6.42. The average Bonchev–Trinajstić information content (AvgIpc) is 2.53. The topological polar surface area (TPSA) is 18.5 Å². The van der Waals surface area contributed by atoms with E-state index in [-0.39, 0.29) is 0 Å². The second-order valence-corrected chi connectivity index (χ2v) is 8.79. The van der Waals surface area contributed by atoms with E-state index >= 15 is 0 Å². The molecule has 0 unspecified atom stereocenters. The van der Waals surface area contributed by atoms with Crippen molar-refractivity contribution < 1.29 is 9.05 Å². The van der Waals surface area contributed by atoms with Crippen molar-refractivity contribution in [2.24, 2.45) is 0 Å². The molecule has 1 rings (SSSR count). The zero-order chi connectivity index (χ0) is 15.4. The van der Waals surface area contributed by atoms with Gasteiger partial charge in [-0.2, -0.15) is 0 Å². The summed E-state index contributed by atoms with van der Waals surface area (Å²) in [4.78, 5) is 0. The number of unbranched alkanes of at least 4 members (excludes halogenated alkanes) is 3. The van der Waals surface area contributed by atoms with Gasteiger partial charge in [-0.25, -0.2) is 0 Å². The summed E-state index contributed by atoms with van der Waals surface area (Å²) < 4.78 is 12.8. The SMILES string of the molecule is CCCCO[PH](CCCC)(OCCCC)c1ccccc1. The Balaban J connectivity index is 2.89. The third kappa shape index (κ3) is 6.46. The molecule has 1 aromatic rings. The third-order valence-electron chi connectivity index (χ3n) is 3.74. The molecule has 0 heterocycles. The van der Waals surface area contributed by atoms with E-state index in [1.165, 1.54) is 31.0 Å². The van der Waals surface area contributed by atoms with Gasteiger partial charge in [-0.05, 0) is 0 Å². The van der Waals surface area contributed by atoms with E-state index < -0.39 is 7.72 Å². The van der Waals surface area contributed by atoms with Gasteiger partial charge in [0.25, 0.3) is 0 Å². The summed E-state index contributed by atoms with van der Waals surface area (Å²) >= 11 is 0. The van der Waals surface area contributed by atoms with Crippen molar-refractivity contribution >= 4 is 13.0 Å². The van der Waals surface area contributed by atoms with Gasteiger partial charge in [-0.15, -0.1) is 0 Å². The first-order chi connectivity index (χ1) is 10.3. The van der Waals surface area contributed by atoms with Crippen LogP contribution >= 0.6 is 7.72 Å². The van der Waals surface area contributed by atoms with Gasteiger partial charge in [0.1, 0.15) is 0 Å². The molecule has 0 aliphatic rings. The van der Waals surface area contributed by atoms with E-state index in [1.54, 1.807) is 0 Å². The molecule has 0 amide bonds. The molecule has 122 valence electrons. The predicted octanol–water partition coefficient (Wildman–Crippen LogP) is 5.33. The van der Waals surface area contributed by atoms with Gasteiger partial charge in [0, 0.05) is 0 Å².